The number of nitrogens with zero attached hydrogens (tertiary/aromatic N) is 3. The number of nitro benzene ring substituents is 1. The third kappa shape index (κ3) is 2.22. The number of aromatic nitrogens is 2. The number of benzene rings is 1. The van der Waals surface area contributed by atoms with Crippen molar-refractivity contribution in [1.82, 2.24) is 9.55 Å². The van der Waals surface area contributed by atoms with Crippen molar-refractivity contribution in [1.29, 1.82) is 0 Å². The average molecular weight is 304 g/mol. The van der Waals surface area contributed by atoms with Gasteiger partial charge in [0.05, 0.1) is 22.2 Å². The molecule has 0 saturated carbocycles. The van der Waals surface area contributed by atoms with E-state index in [0.717, 1.165) is 6.07 Å². The van der Waals surface area contributed by atoms with Crippen LogP contribution in [0.15, 0.2) is 29.3 Å². The lowest BCUT2D eigenvalue weighted by Crippen LogP contribution is -2.50. The van der Waals surface area contributed by atoms with Crippen LogP contribution in [-0.2, 0) is 10.3 Å². The van der Waals surface area contributed by atoms with E-state index in [2.05, 4.69) is 4.98 Å². The number of hydrogen-bond acceptors (Lipinski definition) is 5. The molecule has 8 nitrogen and oxygen atoms in total. The second-order valence-corrected chi connectivity index (χ2v) is 4.98. The molecule has 1 aromatic carbocycles. The number of amides is 1. The van der Waals surface area contributed by atoms with Crippen molar-refractivity contribution in [2.24, 2.45) is 5.73 Å². The molecule has 0 atom stereocenters. The summed E-state index contributed by atoms with van der Waals surface area (Å²) in [4.78, 5) is 38.9. The Bertz CT molecular complexity index is 808. The van der Waals surface area contributed by atoms with E-state index in [0.29, 0.717) is 18.4 Å². The van der Waals surface area contributed by atoms with Gasteiger partial charge < -0.3 is 5.73 Å². The highest BCUT2D eigenvalue weighted by Crippen LogP contribution is 2.24. The second kappa shape index (κ2) is 5.55. The molecule has 0 aliphatic rings. The number of nitrogens with two attached hydrogens (primary N) is 1. The van der Waals surface area contributed by atoms with Gasteiger partial charge in [-0.2, -0.15) is 0 Å². The number of nitro groups is 1. The Morgan fingerprint density at radius 2 is 2.05 bits per heavy atom. The summed E-state index contributed by atoms with van der Waals surface area (Å²) in [6, 6.07) is 3.85. The monoisotopic (exact) mass is 304 g/mol. The number of carbonyl (C=O) groups excluding carboxylic acids is 1. The second-order valence-electron chi connectivity index (χ2n) is 4.98. The fourth-order valence-corrected chi connectivity index (χ4v) is 2.59. The SMILES string of the molecule is CCC(CC)(C(N)=O)n1cnc2ccc([N+](=O)[O-])cc2c1=O. The van der Waals surface area contributed by atoms with Crippen LogP contribution >= 0.6 is 0 Å². The molecule has 0 fully saturated rings. The largest absolute Gasteiger partial charge is 0.368 e. The minimum absolute atomic E-state index is 0.0872. The predicted molar refractivity (Wildman–Crippen MR) is 80.4 cm³/mol. The van der Waals surface area contributed by atoms with Crippen molar-refractivity contribution in [2.75, 3.05) is 0 Å². The van der Waals surface area contributed by atoms with Crippen molar-refractivity contribution < 1.29 is 9.72 Å². The minimum Gasteiger partial charge on any atom is -0.368 e. The predicted octanol–water partition coefficient (Wildman–Crippen LogP) is 1.31. The van der Waals surface area contributed by atoms with Gasteiger partial charge in [-0.05, 0) is 18.9 Å². The summed E-state index contributed by atoms with van der Waals surface area (Å²) in [5, 5.41) is 10.9. The van der Waals surface area contributed by atoms with Gasteiger partial charge in [0.25, 0.3) is 11.2 Å². The molecule has 1 aromatic heterocycles. The van der Waals surface area contributed by atoms with Gasteiger partial charge in [0, 0.05) is 12.1 Å². The Labute approximate surface area is 125 Å². The van der Waals surface area contributed by atoms with Gasteiger partial charge in [-0.15, -0.1) is 0 Å². The Kier molecular flexibility index (Phi) is 3.94. The number of carbonyl (C=O) groups is 1. The molecule has 2 rings (SSSR count). The van der Waals surface area contributed by atoms with Gasteiger partial charge >= 0.3 is 0 Å². The molecule has 2 aromatic rings. The van der Waals surface area contributed by atoms with Crippen molar-refractivity contribution in [2.45, 2.75) is 32.2 Å². The number of non-ortho nitro benzene ring substituents is 1. The molecule has 0 spiro atoms. The zero-order valence-electron chi connectivity index (χ0n) is 12.3. The van der Waals surface area contributed by atoms with Crippen LogP contribution in [0.1, 0.15) is 26.7 Å². The van der Waals surface area contributed by atoms with Crippen molar-refractivity contribution in [3.05, 3.63) is 45.0 Å². The summed E-state index contributed by atoms with van der Waals surface area (Å²) in [5.41, 5.74) is 3.90. The number of hydrogen-bond donors (Lipinski definition) is 1. The maximum atomic E-state index is 12.7. The first-order chi connectivity index (χ1) is 10.4. The highest BCUT2D eigenvalue weighted by molar-refractivity contribution is 5.84. The van der Waals surface area contributed by atoms with Crippen molar-refractivity contribution in [3.63, 3.8) is 0 Å². The Morgan fingerprint density at radius 3 is 2.55 bits per heavy atom. The minimum atomic E-state index is -1.19. The van der Waals surface area contributed by atoms with Gasteiger partial charge in [0.15, 0.2) is 0 Å². The van der Waals surface area contributed by atoms with Crippen LogP contribution in [0.3, 0.4) is 0 Å². The highest BCUT2D eigenvalue weighted by atomic mass is 16.6. The molecule has 1 amide bonds. The molecule has 0 saturated heterocycles. The van der Waals surface area contributed by atoms with Crippen LogP contribution in [0.25, 0.3) is 10.9 Å². The van der Waals surface area contributed by atoms with Crippen molar-refractivity contribution >= 4 is 22.5 Å². The molecule has 116 valence electrons. The topological polar surface area (TPSA) is 121 Å². The van der Waals surface area contributed by atoms with Crippen LogP contribution in [0.5, 0.6) is 0 Å². The van der Waals surface area contributed by atoms with Crippen LogP contribution in [-0.4, -0.2) is 20.4 Å². The zero-order valence-corrected chi connectivity index (χ0v) is 12.3. The summed E-state index contributed by atoms with van der Waals surface area (Å²) in [6.45, 7) is 3.50. The lowest BCUT2D eigenvalue weighted by Gasteiger charge is -2.30. The maximum absolute atomic E-state index is 12.7. The molecule has 0 bridgehead atoms. The van der Waals surface area contributed by atoms with E-state index in [1.807, 2.05) is 0 Å². The van der Waals surface area contributed by atoms with Gasteiger partial charge in [-0.1, -0.05) is 13.8 Å². The lowest BCUT2D eigenvalue weighted by atomic mass is 9.91. The van der Waals surface area contributed by atoms with E-state index < -0.39 is 21.9 Å². The molecule has 0 aliphatic carbocycles. The van der Waals surface area contributed by atoms with E-state index in [9.17, 15) is 19.7 Å². The highest BCUT2D eigenvalue weighted by Gasteiger charge is 2.36. The quantitative estimate of drug-likeness (QED) is 0.659. The molecule has 1 heterocycles. The van der Waals surface area contributed by atoms with Crippen molar-refractivity contribution in [3.8, 4) is 0 Å². The summed E-state index contributed by atoms with van der Waals surface area (Å²) < 4.78 is 1.18. The van der Waals surface area contributed by atoms with Gasteiger partial charge in [0.1, 0.15) is 5.54 Å². The normalized spacial score (nSPS) is 11.5. The number of fused-ring (bicyclic) bond motifs is 1. The third-order valence-electron chi connectivity index (χ3n) is 4.04. The van der Waals surface area contributed by atoms with E-state index in [1.54, 1.807) is 13.8 Å². The zero-order chi connectivity index (χ0) is 16.5. The molecular weight excluding hydrogens is 288 g/mol. The molecule has 22 heavy (non-hydrogen) atoms. The summed E-state index contributed by atoms with van der Waals surface area (Å²) in [5.74, 6) is -0.633. The lowest BCUT2D eigenvalue weighted by molar-refractivity contribution is -0.384. The van der Waals surface area contributed by atoms with E-state index >= 15 is 0 Å². The molecule has 8 heteroatoms. The average Bonchev–Trinajstić information content (AvgIpc) is 2.50. The smallest absolute Gasteiger partial charge is 0.270 e. The maximum Gasteiger partial charge on any atom is 0.270 e. The fourth-order valence-electron chi connectivity index (χ4n) is 2.59. The molecule has 0 aliphatic heterocycles. The molecular formula is C14H16N4O4. The summed E-state index contributed by atoms with van der Waals surface area (Å²) in [6.07, 6.45) is 1.91. The van der Waals surface area contributed by atoms with Gasteiger partial charge in [-0.3, -0.25) is 24.3 Å². The molecule has 0 radical (unpaired) electrons. The Balaban J connectivity index is 2.81. The molecule has 2 N–H and O–H groups in total. The van der Waals surface area contributed by atoms with Gasteiger partial charge in [-0.25, -0.2) is 4.98 Å². The van der Waals surface area contributed by atoms with Crippen LogP contribution in [0, 0.1) is 10.1 Å². The number of primary amides is 1. The first-order valence-electron chi connectivity index (χ1n) is 6.83. The first kappa shape index (κ1) is 15.6. The standard InChI is InChI=1S/C14H16N4O4/c1-3-14(4-2,13(15)20)17-8-16-11-6-5-9(18(21)22)7-10(11)12(17)19/h5-8H,3-4H2,1-2H3,(H2,15,20). The first-order valence-corrected chi connectivity index (χ1v) is 6.83. The summed E-state index contributed by atoms with van der Waals surface area (Å²) >= 11 is 0. The van der Waals surface area contributed by atoms with Gasteiger partial charge in [0.2, 0.25) is 5.91 Å². The van der Waals surface area contributed by atoms with E-state index in [1.165, 1.54) is 23.0 Å². The number of rotatable bonds is 5. The van der Waals surface area contributed by atoms with Crippen LogP contribution in [0.2, 0.25) is 0 Å². The fraction of sp³-hybridized carbons (Fsp3) is 0.357. The Hall–Kier alpha value is -2.77. The summed E-state index contributed by atoms with van der Waals surface area (Å²) in [7, 11) is 0. The van der Waals surface area contributed by atoms with E-state index in [4.69, 9.17) is 5.73 Å². The third-order valence-corrected chi connectivity index (χ3v) is 4.04. The molecule has 0 unspecified atom stereocenters. The Morgan fingerprint density at radius 1 is 1.41 bits per heavy atom. The van der Waals surface area contributed by atoms with Crippen LogP contribution < -0.4 is 11.3 Å². The van der Waals surface area contributed by atoms with Crippen LogP contribution in [0.4, 0.5) is 5.69 Å². The van der Waals surface area contributed by atoms with E-state index in [-0.39, 0.29) is 11.1 Å².